The Labute approximate surface area is 210 Å². The first-order chi connectivity index (χ1) is 17.0. The molecule has 190 valence electrons. The van der Waals surface area contributed by atoms with Crippen LogP contribution < -0.4 is 11.2 Å². The lowest BCUT2D eigenvalue weighted by Crippen LogP contribution is -2.52. The van der Waals surface area contributed by atoms with Gasteiger partial charge in [0.05, 0.1) is 35.7 Å². The minimum Gasteiger partial charge on any atom is -0.480 e. The van der Waals surface area contributed by atoms with E-state index in [0.29, 0.717) is 21.2 Å². The van der Waals surface area contributed by atoms with E-state index in [2.05, 4.69) is 4.98 Å². The molecule has 0 saturated carbocycles. The molecule has 0 spiro atoms. The number of thiophene rings is 1. The Morgan fingerprint density at radius 3 is 2.53 bits per heavy atom. The van der Waals surface area contributed by atoms with E-state index in [-0.39, 0.29) is 18.5 Å². The largest absolute Gasteiger partial charge is 0.480 e. The van der Waals surface area contributed by atoms with Gasteiger partial charge < -0.3 is 19.4 Å². The van der Waals surface area contributed by atoms with Gasteiger partial charge in [-0.15, -0.1) is 11.3 Å². The summed E-state index contributed by atoms with van der Waals surface area (Å²) in [4.78, 5) is 44.6. The van der Waals surface area contributed by atoms with Crippen molar-refractivity contribution in [1.82, 2.24) is 14.1 Å². The Balaban J connectivity index is 2.01. The Hall–Kier alpha value is -3.54. The number of rotatable bonds is 9. The van der Waals surface area contributed by atoms with Crippen LogP contribution in [0, 0.1) is 6.92 Å². The topological polar surface area (TPSA) is 137 Å². The molecule has 0 aliphatic heterocycles. The normalized spacial score (nSPS) is 13.7. The molecule has 2 N–H and O–H groups in total. The van der Waals surface area contributed by atoms with Crippen molar-refractivity contribution in [2.45, 2.75) is 52.0 Å². The summed E-state index contributed by atoms with van der Waals surface area (Å²) in [6, 6.07) is 9.18. The van der Waals surface area contributed by atoms with Crippen LogP contribution in [0.25, 0.3) is 21.0 Å². The molecule has 4 rings (SSSR count). The van der Waals surface area contributed by atoms with Gasteiger partial charge in [-0.05, 0) is 38.8 Å². The van der Waals surface area contributed by atoms with E-state index >= 15 is 0 Å². The lowest BCUT2D eigenvalue weighted by molar-refractivity contribution is -0.146. The summed E-state index contributed by atoms with van der Waals surface area (Å²) in [5.74, 6) is -1.03. The number of aliphatic hydroxyl groups excluding tert-OH is 1. The van der Waals surface area contributed by atoms with Crippen LogP contribution in [0.15, 0.2) is 56.8 Å². The fourth-order valence-corrected chi connectivity index (χ4v) is 5.22. The number of carboxylic acids is 1. The fourth-order valence-electron chi connectivity index (χ4n) is 3.98. The molecule has 3 heterocycles. The van der Waals surface area contributed by atoms with Crippen molar-refractivity contribution >= 4 is 27.5 Å². The van der Waals surface area contributed by atoms with Crippen LogP contribution in [0.1, 0.15) is 38.0 Å². The van der Waals surface area contributed by atoms with Gasteiger partial charge in [0.1, 0.15) is 22.7 Å². The average Bonchev–Trinajstić information content (AvgIpc) is 3.47. The number of ether oxygens (including phenoxy) is 1. The molecule has 2 atom stereocenters. The van der Waals surface area contributed by atoms with E-state index in [1.165, 1.54) is 42.2 Å². The summed E-state index contributed by atoms with van der Waals surface area (Å²) in [5, 5.41) is 19.9. The molecule has 0 saturated heterocycles. The molecule has 0 fully saturated rings. The second-order valence-corrected chi connectivity index (χ2v) is 10.1. The third kappa shape index (κ3) is 4.52. The summed E-state index contributed by atoms with van der Waals surface area (Å²) < 4.78 is 13.6. The van der Waals surface area contributed by atoms with Crippen LogP contribution in [0.3, 0.4) is 0 Å². The molecule has 0 unspecified atom stereocenters. The highest BCUT2D eigenvalue weighted by atomic mass is 32.1. The minimum absolute atomic E-state index is 0.0166. The van der Waals surface area contributed by atoms with Crippen molar-refractivity contribution in [1.29, 1.82) is 0 Å². The lowest BCUT2D eigenvalue weighted by atomic mass is 10.1. The lowest BCUT2D eigenvalue weighted by Gasteiger charge is -2.25. The number of aliphatic carboxylic acids is 1. The molecule has 36 heavy (non-hydrogen) atoms. The molecular weight excluding hydrogens is 486 g/mol. The van der Waals surface area contributed by atoms with Gasteiger partial charge in [-0.3, -0.25) is 9.36 Å². The third-order valence-corrected chi connectivity index (χ3v) is 7.28. The van der Waals surface area contributed by atoms with E-state index in [1.54, 1.807) is 13.8 Å². The molecule has 1 aromatic carbocycles. The monoisotopic (exact) mass is 513 g/mol. The highest BCUT2D eigenvalue weighted by Gasteiger charge is 2.36. The van der Waals surface area contributed by atoms with Crippen molar-refractivity contribution in [3.8, 4) is 10.8 Å². The predicted octanol–water partition coefficient (Wildman–Crippen LogP) is 3.15. The molecule has 0 aliphatic rings. The Kier molecular flexibility index (Phi) is 6.98. The second kappa shape index (κ2) is 9.84. The number of carbonyl (C=O) groups is 1. The number of aliphatic hydroxyl groups is 1. The SMILES string of the molecule is Cc1c(-c2ncco2)sc2c1c(=O)n(C(C)(C)C(=O)O)c(=O)n2C[C@H](OC[C@@H](C)O)c1ccccc1. The molecule has 4 aromatic rings. The number of carboxylic acid groups (broad SMARTS) is 1. The number of fused-ring (bicyclic) bond motifs is 1. The average molecular weight is 514 g/mol. The molecule has 0 radical (unpaired) electrons. The van der Waals surface area contributed by atoms with E-state index in [9.17, 15) is 24.6 Å². The quantitative estimate of drug-likeness (QED) is 0.348. The van der Waals surface area contributed by atoms with Gasteiger partial charge in [0.2, 0.25) is 5.89 Å². The number of aryl methyl sites for hydroxylation is 1. The zero-order valence-corrected chi connectivity index (χ0v) is 21.1. The Morgan fingerprint density at radius 2 is 1.94 bits per heavy atom. The van der Waals surface area contributed by atoms with Crippen LogP contribution in [-0.4, -0.2) is 43.0 Å². The van der Waals surface area contributed by atoms with Gasteiger partial charge in [-0.25, -0.2) is 19.1 Å². The Bertz CT molecular complexity index is 1500. The van der Waals surface area contributed by atoms with Gasteiger partial charge >= 0.3 is 11.7 Å². The molecule has 0 amide bonds. The van der Waals surface area contributed by atoms with Gasteiger partial charge in [-0.2, -0.15) is 0 Å². The number of hydrogen-bond donors (Lipinski definition) is 2. The van der Waals surface area contributed by atoms with Crippen LogP contribution in [0.5, 0.6) is 0 Å². The summed E-state index contributed by atoms with van der Waals surface area (Å²) in [6.07, 6.45) is 1.49. The van der Waals surface area contributed by atoms with Gasteiger partial charge in [0, 0.05) is 0 Å². The molecule has 11 heteroatoms. The van der Waals surface area contributed by atoms with Crippen LogP contribution in [0.2, 0.25) is 0 Å². The number of nitrogens with zero attached hydrogens (tertiary/aromatic N) is 3. The summed E-state index contributed by atoms with van der Waals surface area (Å²) in [6.45, 7) is 5.92. The third-order valence-electron chi connectivity index (χ3n) is 5.98. The summed E-state index contributed by atoms with van der Waals surface area (Å²) in [7, 11) is 0. The molecular formula is C25H27N3O7S. The zero-order valence-electron chi connectivity index (χ0n) is 20.3. The smallest absolute Gasteiger partial charge is 0.333 e. The van der Waals surface area contributed by atoms with Crippen molar-refractivity contribution in [3.05, 3.63) is 74.8 Å². The van der Waals surface area contributed by atoms with Crippen LogP contribution in [-0.2, 0) is 21.6 Å². The Morgan fingerprint density at radius 1 is 1.25 bits per heavy atom. The van der Waals surface area contributed by atoms with E-state index in [1.807, 2.05) is 30.3 Å². The predicted molar refractivity (Wildman–Crippen MR) is 134 cm³/mol. The van der Waals surface area contributed by atoms with Crippen molar-refractivity contribution in [2.75, 3.05) is 6.61 Å². The maximum Gasteiger partial charge on any atom is 0.333 e. The second-order valence-electron chi connectivity index (χ2n) is 9.05. The number of hydrogen-bond acceptors (Lipinski definition) is 8. The summed E-state index contributed by atoms with van der Waals surface area (Å²) >= 11 is 1.17. The zero-order chi connectivity index (χ0) is 26.2. The first-order valence-corrected chi connectivity index (χ1v) is 12.1. The van der Waals surface area contributed by atoms with E-state index < -0.39 is 35.0 Å². The fraction of sp³-hybridized carbons (Fsp3) is 0.360. The number of oxazole rings is 1. The van der Waals surface area contributed by atoms with Crippen LogP contribution >= 0.6 is 11.3 Å². The highest BCUT2D eigenvalue weighted by molar-refractivity contribution is 7.22. The molecule has 0 aliphatic carbocycles. The van der Waals surface area contributed by atoms with Crippen LogP contribution in [0.4, 0.5) is 0 Å². The van der Waals surface area contributed by atoms with Gasteiger partial charge in [-0.1, -0.05) is 30.3 Å². The summed E-state index contributed by atoms with van der Waals surface area (Å²) in [5.41, 5.74) is -2.00. The van der Waals surface area contributed by atoms with E-state index in [4.69, 9.17) is 9.15 Å². The molecule has 0 bridgehead atoms. The van der Waals surface area contributed by atoms with E-state index in [0.717, 1.165) is 10.1 Å². The highest BCUT2D eigenvalue weighted by Crippen LogP contribution is 2.36. The maximum atomic E-state index is 13.8. The van der Waals surface area contributed by atoms with Crippen molar-refractivity contribution in [3.63, 3.8) is 0 Å². The first kappa shape index (κ1) is 25.5. The van der Waals surface area contributed by atoms with Crippen molar-refractivity contribution < 1.29 is 24.2 Å². The standard InChI is InChI=1S/C25H27N3O7S/c1-14(29)13-35-17(16-8-6-5-7-9-16)12-27-22-18(15(2)19(36-22)20-26-10-11-34-20)21(30)28(24(27)33)25(3,4)23(31)32/h5-11,14,17,29H,12-13H2,1-4H3,(H,31,32)/t14-,17+/m1/s1. The molecule has 10 nitrogen and oxygen atoms in total. The maximum absolute atomic E-state index is 13.8. The van der Waals surface area contributed by atoms with Gasteiger partial charge in [0.25, 0.3) is 5.56 Å². The van der Waals surface area contributed by atoms with Gasteiger partial charge in [0.15, 0.2) is 0 Å². The number of aromatic nitrogens is 3. The van der Waals surface area contributed by atoms with Crippen molar-refractivity contribution in [2.24, 2.45) is 0 Å². The number of benzene rings is 1. The molecule has 3 aromatic heterocycles. The minimum atomic E-state index is -1.82. The first-order valence-electron chi connectivity index (χ1n) is 11.3.